The number of benzene rings is 2. The van der Waals surface area contributed by atoms with Crippen molar-refractivity contribution in [1.29, 1.82) is 0 Å². The number of amides is 2. The van der Waals surface area contributed by atoms with Crippen molar-refractivity contribution in [2.75, 3.05) is 6.54 Å². The predicted octanol–water partition coefficient (Wildman–Crippen LogP) is 4.36. The molecule has 0 bridgehead atoms. The fourth-order valence-electron chi connectivity index (χ4n) is 3.98. The number of nitrogens with one attached hydrogen (secondary N) is 2. The van der Waals surface area contributed by atoms with Gasteiger partial charge in [0.1, 0.15) is 0 Å². The summed E-state index contributed by atoms with van der Waals surface area (Å²) in [6.07, 6.45) is 7.61. The molecule has 2 aromatic carbocycles. The highest BCUT2D eigenvalue weighted by atomic mass is 16.2. The minimum absolute atomic E-state index is 0.155. The predicted molar refractivity (Wildman–Crippen MR) is 127 cm³/mol. The summed E-state index contributed by atoms with van der Waals surface area (Å²) >= 11 is 0. The lowest BCUT2D eigenvalue weighted by atomic mass is 10.0. The molecule has 0 aliphatic heterocycles. The Morgan fingerprint density at radius 1 is 0.812 bits per heavy atom. The first kappa shape index (κ1) is 21.4. The molecular weight excluding hydrogens is 400 g/mol. The van der Waals surface area contributed by atoms with Crippen molar-refractivity contribution in [3.63, 3.8) is 0 Å². The normalized spacial score (nSPS) is 12.1. The van der Waals surface area contributed by atoms with E-state index in [1.54, 1.807) is 30.9 Å². The second-order valence-electron chi connectivity index (χ2n) is 8.31. The molecule has 0 fully saturated rings. The molecule has 2 heterocycles. The SMILES string of the molecule is CC(C)CC(CNC(=O)c1cccc2cnccc12)NC(=O)c1cccc2cnccc12. The zero-order valence-electron chi connectivity index (χ0n) is 18.2. The van der Waals surface area contributed by atoms with Crippen molar-refractivity contribution < 1.29 is 9.59 Å². The van der Waals surface area contributed by atoms with Crippen LogP contribution in [0.5, 0.6) is 0 Å². The van der Waals surface area contributed by atoms with Crippen molar-refractivity contribution in [3.05, 3.63) is 84.4 Å². The number of pyridine rings is 2. The molecule has 0 aliphatic rings. The van der Waals surface area contributed by atoms with Gasteiger partial charge in [0.2, 0.25) is 0 Å². The molecule has 6 heteroatoms. The van der Waals surface area contributed by atoms with E-state index in [0.717, 1.165) is 28.0 Å². The number of carbonyl (C=O) groups excluding carboxylic acids is 2. The number of aromatic nitrogens is 2. The van der Waals surface area contributed by atoms with Gasteiger partial charge in [-0.3, -0.25) is 19.6 Å². The van der Waals surface area contributed by atoms with Gasteiger partial charge in [-0.15, -0.1) is 0 Å². The molecule has 2 aromatic heterocycles. The fraction of sp³-hybridized carbons (Fsp3) is 0.231. The van der Waals surface area contributed by atoms with E-state index in [4.69, 9.17) is 0 Å². The number of carbonyl (C=O) groups is 2. The third-order valence-corrected chi connectivity index (χ3v) is 5.45. The van der Waals surface area contributed by atoms with Gasteiger partial charge in [0.05, 0.1) is 0 Å². The molecule has 0 saturated heterocycles. The first-order valence-electron chi connectivity index (χ1n) is 10.8. The van der Waals surface area contributed by atoms with E-state index in [1.807, 2.05) is 42.5 Å². The minimum atomic E-state index is -0.194. The summed E-state index contributed by atoms with van der Waals surface area (Å²) in [5, 5.41) is 9.67. The Hall–Kier alpha value is -3.80. The van der Waals surface area contributed by atoms with Crippen LogP contribution in [0.25, 0.3) is 21.5 Å². The molecule has 2 amide bonds. The maximum absolute atomic E-state index is 13.1. The highest BCUT2D eigenvalue weighted by Crippen LogP contribution is 2.19. The first-order chi connectivity index (χ1) is 15.5. The summed E-state index contributed by atoms with van der Waals surface area (Å²) in [7, 11) is 0. The van der Waals surface area contributed by atoms with Crippen LogP contribution in [0.2, 0.25) is 0 Å². The van der Waals surface area contributed by atoms with Gasteiger partial charge in [-0.25, -0.2) is 0 Å². The van der Waals surface area contributed by atoms with E-state index in [2.05, 4.69) is 34.4 Å². The summed E-state index contributed by atoms with van der Waals surface area (Å²) in [6.45, 7) is 4.54. The van der Waals surface area contributed by atoms with Crippen molar-refractivity contribution in [3.8, 4) is 0 Å². The Labute approximate surface area is 187 Å². The van der Waals surface area contributed by atoms with E-state index in [1.165, 1.54) is 0 Å². The van der Waals surface area contributed by atoms with E-state index >= 15 is 0 Å². The van der Waals surface area contributed by atoms with E-state index in [-0.39, 0.29) is 17.9 Å². The van der Waals surface area contributed by atoms with E-state index in [9.17, 15) is 9.59 Å². The van der Waals surface area contributed by atoms with Crippen molar-refractivity contribution in [2.24, 2.45) is 5.92 Å². The lowest BCUT2D eigenvalue weighted by Gasteiger charge is -2.22. The molecule has 0 saturated carbocycles. The maximum Gasteiger partial charge on any atom is 0.252 e. The largest absolute Gasteiger partial charge is 0.350 e. The van der Waals surface area contributed by atoms with Gasteiger partial charge >= 0.3 is 0 Å². The maximum atomic E-state index is 13.1. The number of fused-ring (bicyclic) bond motifs is 2. The summed E-state index contributed by atoms with van der Waals surface area (Å²) in [4.78, 5) is 34.3. The third kappa shape index (κ3) is 4.75. The Kier molecular flexibility index (Phi) is 6.40. The topological polar surface area (TPSA) is 84.0 Å². The zero-order valence-corrected chi connectivity index (χ0v) is 18.2. The second-order valence-corrected chi connectivity index (χ2v) is 8.31. The van der Waals surface area contributed by atoms with Gasteiger partial charge in [-0.05, 0) is 47.4 Å². The lowest BCUT2D eigenvalue weighted by molar-refractivity contribution is 0.0905. The Morgan fingerprint density at radius 3 is 1.94 bits per heavy atom. The van der Waals surface area contributed by atoms with Crippen LogP contribution in [-0.4, -0.2) is 34.4 Å². The number of rotatable bonds is 7. The smallest absolute Gasteiger partial charge is 0.252 e. The molecule has 0 radical (unpaired) electrons. The minimum Gasteiger partial charge on any atom is -0.350 e. The van der Waals surface area contributed by atoms with Gasteiger partial charge in [0.15, 0.2) is 0 Å². The fourth-order valence-corrected chi connectivity index (χ4v) is 3.98. The number of nitrogens with zero attached hydrogens (tertiary/aromatic N) is 2. The number of hydrogen-bond donors (Lipinski definition) is 2. The molecule has 1 unspecified atom stereocenters. The molecule has 2 N–H and O–H groups in total. The van der Waals surface area contributed by atoms with Crippen LogP contribution in [0.3, 0.4) is 0 Å². The molecule has 4 rings (SSSR count). The van der Waals surface area contributed by atoms with Crippen molar-refractivity contribution in [2.45, 2.75) is 26.3 Å². The van der Waals surface area contributed by atoms with Crippen LogP contribution in [0.4, 0.5) is 0 Å². The molecule has 32 heavy (non-hydrogen) atoms. The van der Waals surface area contributed by atoms with Crippen LogP contribution >= 0.6 is 0 Å². The molecule has 6 nitrogen and oxygen atoms in total. The summed E-state index contributed by atoms with van der Waals surface area (Å²) in [6, 6.07) is 14.7. The highest BCUT2D eigenvalue weighted by molar-refractivity contribution is 6.08. The van der Waals surface area contributed by atoms with Crippen LogP contribution in [0.1, 0.15) is 41.0 Å². The van der Waals surface area contributed by atoms with Gasteiger partial charge in [0, 0.05) is 59.3 Å². The lowest BCUT2D eigenvalue weighted by Crippen LogP contribution is -2.44. The van der Waals surface area contributed by atoms with Crippen LogP contribution in [0, 0.1) is 5.92 Å². The van der Waals surface area contributed by atoms with Gasteiger partial charge < -0.3 is 10.6 Å². The number of hydrogen-bond acceptors (Lipinski definition) is 4. The zero-order chi connectivity index (χ0) is 22.5. The molecule has 162 valence electrons. The van der Waals surface area contributed by atoms with Gasteiger partial charge in [-0.1, -0.05) is 38.1 Å². The molecule has 4 aromatic rings. The quantitative estimate of drug-likeness (QED) is 0.460. The summed E-state index contributed by atoms with van der Waals surface area (Å²) < 4.78 is 0. The molecular formula is C26H26N4O2. The highest BCUT2D eigenvalue weighted by Gasteiger charge is 2.19. The van der Waals surface area contributed by atoms with E-state index in [0.29, 0.717) is 23.6 Å². The summed E-state index contributed by atoms with van der Waals surface area (Å²) in [5.74, 6) is 0.0384. The summed E-state index contributed by atoms with van der Waals surface area (Å²) in [5.41, 5.74) is 1.20. The Morgan fingerprint density at radius 2 is 1.38 bits per heavy atom. The van der Waals surface area contributed by atoms with Crippen LogP contribution < -0.4 is 10.6 Å². The standard InChI is InChI=1S/C26H26N4O2/c1-17(2)13-20(30-26(32)24-8-4-6-19-15-28-12-10-22(19)24)16-29-25(31)23-7-3-5-18-14-27-11-9-21(18)23/h3-12,14-15,17,20H,13,16H2,1-2H3,(H,29,31)(H,30,32). The average molecular weight is 427 g/mol. The Balaban J connectivity index is 1.50. The van der Waals surface area contributed by atoms with Gasteiger partial charge in [0.25, 0.3) is 11.8 Å². The second kappa shape index (κ2) is 9.56. The van der Waals surface area contributed by atoms with Crippen molar-refractivity contribution in [1.82, 2.24) is 20.6 Å². The van der Waals surface area contributed by atoms with Gasteiger partial charge in [-0.2, -0.15) is 0 Å². The molecule has 0 aliphatic carbocycles. The third-order valence-electron chi connectivity index (χ3n) is 5.45. The van der Waals surface area contributed by atoms with Crippen molar-refractivity contribution >= 4 is 33.4 Å². The monoisotopic (exact) mass is 426 g/mol. The molecule has 0 spiro atoms. The first-order valence-corrected chi connectivity index (χ1v) is 10.8. The van der Waals surface area contributed by atoms with Crippen LogP contribution in [0.15, 0.2) is 73.3 Å². The van der Waals surface area contributed by atoms with Crippen LogP contribution in [-0.2, 0) is 0 Å². The molecule has 1 atom stereocenters. The average Bonchev–Trinajstić information content (AvgIpc) is 2.81. The Bertz CT molecular complexity index is 1260. The van der Waals surface area contributed by atoms with E-state index < -0.39 is 0 Å².